The van der Waals surface area contributed by atoms with Crippen molar-refractivity contribution in [2.45, 2.75) is 24.4 Å². The second kappa shape index (κ2) is 4.88. The number of hydrogen-bond donors (Lipinski definition) is 1. The number of halogens is 7. The van der Waals surface area contributed by atoms with Crippen LogP contribution < -0.4 is 5.32 Å². The molecule has 0 unspecified atom stereocenters. The first-order valence-electron chi connectivity index (χ1n) is 3.94. The van der Waals surface area contributed by atoms with Crippen molar-refractivity contribution in [3.8, 4) is 0 Å². The van der Waals surface area contributed by atoms with Gasteiger partial charge in [0.05, 0.1) is 0 Å². The summed E-state index contributed by atoms with van der Waals surface area (Å²) in [6, 6.07) is 0. The molecule has 0 aromatic rings. The first-order chi connectivity index (χ1) is 7.48. The molecule has 99 valence electrons. The highest BCUT2D eigenvalue weighted by atomic mass is 19.4. The van der Waals surface area contributed by atoms with Gasteiger partial charge in [0.1, 0.15) is 0 Å². The number of alkyl halides is 7. The van der Waals surface area contributed by atoms with Gasteiger partial charge in [-0.2, -0.15) is 30.7 Å². The molecule has 0 saturated heterocycles. The summed E-state index contributed by atoms with van der Waals surface area (Å²) in [5.41, 5.74) is 0. The van der Waals surface area contributed by atoms with Gasteiger partial charge in [-0.15, -0.1) is 0 Å². The minimum absolute atomic E-state index is 0.612. The van der Waals surface area contributed by atoms with Crippen LogP contribution in [-0.4, -0.2) is 36.8 Å². The van der Waals surface area contributed by atoms with Gasteiger partial charge in [0.2, 0.25) is 0 Å². The Balaban J connectivity index is 4.87. The van der Waals surface area contributed by atoms with Crippen LogP contribution in [0, 0.1) is 0 Å². The van der Waals surface area contributed by atoms with Crippen molar-refractivity contribution in [3.63, 3.8) is 0 Å². The maximum absolute atomic E-state index is 12.5. The molecule has 1 N–H and O–H groups in total. The summed E-state index contributed by atoms with van der Waals surface area (Å²) in [6.45, 7) is -0.814. The van der Waals surface area contributed by atoms with Gasteiger partial charge in [-0.05, 0) is 0 Å². The lowest BCUT2D eigenvalue weighted by atomic mass is 10.1. The lowest BCUT2D eigenvalue weighted by molar-refractivity contribution is -0.344. The lowest BCUT2D eigenvalue weighted by Gasteiger charge is -2.26. The Labute approximate surface area is 90.0 Å². The third-order valence-corrected chi connectivity index (χ3v) is 1.55. The van der Waals surface area contributed by atoms with Gasteiger partial charge in [0.15, 0.2) is 6.29 Å². The SMILES string of the molecule is O=[C]CCNC(=O)C(F)(F)C(F)(F)C(F)(F)F. The fourth-order valence-corrected chi connectivity index (χ4v) is 0.659. The molecule has 0 bridgehead atoms. The number of rotatable bonds is 5. The van der Waals surface area contributed by atoms with Gasteiger partial charge < -0.3 is 5.32 Å². The summed E-state index contributed by atoms with van der Waals surface area (Å²) in [4.78, 5) is 20.1. The summed E-state index contributed by atoms with van der Waals surface area (Å²) >= 11 is 0. The quantitative estimate of drug-likeness (QED) is 0.605. The fourth-order valence-electron chi connectivity index (χ4n) is 0.659. The zero-order valence-corrected chi connectivity index (χ0v) is 7.88. The van der Waals surface area contributed by atoms with Crippen molar-refractivity contribution in [2.24, 2.45) is 0 Å². The molecule has 0 aliphatic rings. The van der Waals surface area contributed by atoms with E-state index in [1.807, 2.05) is 0 Å². The molecule has 17 heavy (non-hydrogen) atoms. The largest absolute Gasteiger partial charge is 0.460 e. The highest BCUT2D eigenvalue weighted by Crippen LogP contribution is 2.46. The Morgan fingerprint density at radius 3 is 1.88 bits per heavy atom. The van der Waals surface area contributed by atoms with Crippen molar-refractivity contribution >= 4 is 12.2 Å². The van der Waals surface area contributed by atoms with Crippen LogP contribution in [0.1, 0.15) is 6.42 Å². The first kappa shape index (κ1) is 15.6. The molecule has 0 spiro atoms. The first-order valence-corrected chi connectivity index (χ1v) is 3.94. The Bertz CT molecular complexity index is 299. The van der Waals surface area contributed by atoms with Crippen molar-refractivity contribution in [2.75, 3.05) is 6.54 Å². The second-order valence-corrected chi connectivity index (χ2v) is 2.80. The topological polar surface area (TPSA) is 46.2 Å². The summed E-state index contributed by atoms with van der Waals surface area (Å²) in [5, 5.41) is 1.07. The minimum Gasteiger partial charge on any atom is -0.350 e. The lowest BCUT2D eigenvalue weighted by Crippen LogP contribution is -2.59. The molecule has 1 amide bonds. The molecule has 3 nitrogen and oxygen atoms in total. The van der Waals surface area contributed by atoms with Crippen LogP contribution in [0.4, 0.5) is 30.7 Å². The van der Waals surface area contributed by atoms with Gasteiger partial charge in [-0.25, -0.2) is 0 Å². The van der Waals surface area contributed by atoms with Gasteiger partial charge in [0.25, 0.3) is 5.91 Å². The van der Waals surface area contributed by atoms with Gasteiger partial charge in [-0.3, -0.25) is 9.59 Å². The molecule has 0 saturated carbocycles. The minimum atomic E-state index is -6.56. The van der Waals surface area contributed by atoms with Crippen LogP contribution in [0.3, 0.4) is 0 Å². The molecular formula is C7H5F7NO2. The van der Waals surface area contributed by atoms with E-state index in [1.165, 1.54) is 0 Å². The van der Waals surface area contributed by atoms with E-state index >= 15 is 0 Å². The Morgan fingerprint density at radius 2 is 1.53 bits per heavy atom. The molecule has 0 fully saturated rings. The van der Waals surface area contributed by atoms with Gasteiger partial charge in [0, 0.05) is 13.0 Å². The van der Waals surface area contributed by atoms with Crippen LogP contribution >= 0.6 is 0 Å². The number of amides is 1. The fraction of sp³-hybridized carbons (Fsp3) is 0.714. The van der Waals surface area contributed by atoms with Crippen molar-refractivity contribution in [1.82, 2.24) is 5.32 Å². The standard InChI is InChI=1S/C7H5F7NO2/c8-5(9,4(17)15-2-1-3-16)6(10,11)7(12,13)14/h1-2H2,(H,15,17). The van der Waals surface area contributed by atoms with Crippen molar-refractivity contribution in [3.05, 3.63) is 0 Å². The van der Waals surface area contributed by atoms with E-state index in [4.69, 9.17) is 0 Å². The zero-order chi connectivity index (χ0) is 13.9. The third kappa shape index (κ3) is 3.07. The molecular weight excluding hydrogens is 263 g/mol. The molecule has 0 aromatic heterocycles. The van der Waals surface area contributed by atoms with E-state index in [9.17, 15) is 40.3 Å². The van der Waals surface area contributed by atoms with E-state index in [1.54, 1.807) is 0 Å². The van der Waals surface area contributed by atoms with Gasteiger partial charge in [-0.1, -0.05) is 0 Å². The maximum atomic E-state index is 12.5. The number of hydrogen-bond acceptors (Lipinski definition) is 2. The number of nitrogens with one attached hydrogen (secondary N) is 1. The molecule has 10 heteroatoms. The highest BCUT2D eigenvalue weighted by molar-refractivity contribution is 5.84. The second-order valence-electron chi connectivity index (χ2n) is 2.80. The van der Waals surface area contributed by atoms with E-state index in [0.29, 0.717) is 0 Å². The molecule has 0 aromatic carbocycles. The van der Waals surface area contributed by atoms with Crippen molar-refractivity contribution in [1.29, 1.82) is 0 Å². The van der Waals surface area contributed by atoms with Crippen LogP contribution in [0.15, 0.2) is 0 Å². The summed E-state index contributed by atoms with van der Waals surface area (Å²) in [5.74, 6) is -15.3. The highest BCUT2D eigenvalue weighted by Gasteiger charge is 2.76. The van der Waals surface area contributed by atoms with E-state index in [0.717, 1.165) is 11.6 Å². The normalized spacial score (nSPS) is 13.4. The summed E-state index contributed by atoms with van der Waals surface area (Å²) in [7, 11) is 0. The Hall–Kier alpha value is -1.35. The predicted octanol–water partition coefficient (Wildman–Crippen LogP) is 1.44. The van der Waals surface area contributed by atoms with E-state index < -0.39 is 36.9 Å². The monoisotopic (exact) mass is 268 g/mol. The van der Waals surface area contributed by atoms with E-state index in [2.05, 4.69) is 0 Å². The molecule has 1 radical (unpaired) electrons. The van der Waals surface area contributed by atoms with Gasteiger partial charge >= 0.3 is 18.0 Å². The molecule has 0 atom stereocenters. The van der Waals surface area contributed by atoms with Crippen LogP contribution in [0.25, 0.3) is 0 Å². The summed E-state index contributed by atoms with van der Waals surface area (Å²) < 4.78 is 84.4. The zero-order valence-electron chi connectivity index (χ0n) is 7.88. The Kier molecular flexibility index (Phi) is 4.49. The molecule has 0 heterocycles. The average molecular weight is 268 g/mol. The third-order valence-electron chi connectivity index (χ3n) is 1.55. The average Bonchev–Trinajstić information content (AvgIpc) is 2.15. The predicted molar refractivity (Wildman–Crippen MR) is 39.3 cm³/mol. The molecule has 0 rings (SSSR count). The number of carbonyl (C=O) groups is 1. The summed E-state index contributed by atoms with van der Waals surface area (Å²) in [6.07, 6.45) is -6.05. The van der Waals surface area contributed by atoms with Crippen LogP contribution in [0.2, 0.25) is 0 Å². The van der Waals surface area contributed by atoms with Crippen molar-refractivity contribution < 1.29 is 40.3 Å². The van der Waals surface area contributed by atoms with Crippen LogP contribution in [-0.2, 0) is 9.59 Å². The molecule has 0 aliphatic heterocycles. The number of carbonyl (C=O) groups excluding carboxylic acids is 2. The smallest absolute Gasteiger partial charge is 0.350 e. The van der Waals surface area contributed by atoms with E-state index in [-0.39, 0.29) is 0 Å². The maximum Gasteiger partial charge on any atom is 0.460 e. The Morgan fingerprint density at radius 1 is 1.06 bits per heavy atom. The van der Waals surface area contributed by atoms with Crippen LogP contribution in [0.5, 0.6) is 0 Å². The molecule has 0 aliphatic carbocycles.